The van der Waals surface area contributed by atoms with Crippen LogP contribution in [0.2, 0.25) is 0 Å². The molecule has 1 aliphatic carbocycles. The molecule has 3 nitrogen and oxygen atoms in total. The highest BCUT2D eigenvalue weighted by Crippen LogP contribution is 2.68. The molecule has 1 aliphatic rings. The SMILES string of the molecule is CCCC1C(F)(F)C(F)(F)C(F)(S(=O)(=O)O)C(F)(F)C1(F)F. The Labute approximate surface area is 118 Å². The summed E-state index contributed by atoms with van der Waals surface area (Å²) in [7, 11) is -7.35. The monoisotopic (exact) mass is 368 g/mol. The van der Waals surface area contributed by atoms with Crippen molar-refractivity contribution in [2.75, 3.05) is 0 Å². The zero-order chi connectivity index (χ0) is 18.0. The summed E-state index contributed by atoms with van der Waals surface area (Å²) in [5.41, 5.74) is 0. The summed E-state index contributed by atoms with van der Waals surface area (Å²) >= 11 is 0. The second-order valence-corrected chi connectivity index (χ2v) is 6.32. The third kappa shape index (κ3) is 1.83. The van der Waals surface area contributed by atoms with Crippen LogP contribution in [-0.4, -0.2) is 41.7 Å². The Morgan fingerprint density at radius 3 is 1.41 bits per heavy atom. The lowest BCUT2D eigenvalue weighted by Crippen LogP contribution is -2.81. The lowest BCUT2D eigenvalue weighted by atomic mass is 9.73. The molecule has 13 heteroatoms. The molecule has 1 rings (SSSR count). The quantitative estimate of drug-likeness (QED) is 0.613. The second kappa shape index (κ2) is 4.65. The first-order valence-electron chi connectivity index (χ1n) is 5.61. The predicted octanol–water partition coefficient (Wildman–Crippen LogP) is 3.51. The van der Waals surface area contributed by atoms with E-state index in [-0.39, 0.29) is 0 Å². The smallest absolute Gasteiger partial charge is 0.283 e. The lowest BCUT2D eigenvalue weighted by Gasteiger charge is -2.51. The normalized spacial score (nSPS) is 36.0. The number of hydrogen-bond acceptors (Lipinski definition) is 2. The van der Waals surface area contributed by atoms with E-state index in [0.717, 1.165) is 6.92 Å². The maximum absolute atomic E-state index is 13.7. The topological polar surface area (TPSA) is 54.4 Å². The van der Waals surface area contributed by atoms with Crippen molar-refractivity contribution in [2.45, 2.75) is 48.5 Å². The highest BCUT2D eigenvalue weighted by atomic mass is 32.2. The molecule has 0 aromatic carbocycles. The molecule has 1 N–H and O–H groups in total. The molecule has 0 amide bonds. The molecule has 0 spiro atoms. The van der Waals surface area contributed by atoms with Crippen LogP contribution in [0.1, 0.15) is 19.8 Å². The van der Waals surface area contributed by atoms with Crippen LogP contribution in [0.15, 0.2) is 0 Å². The van der Waals surface area contributed by atoms with Crippen molar-refractivity contribution in [3.8, 4) is 0 Å². The van der Waals surface area contributed by atoms with Gasteiger partial charge in [0.15, 0.2) is 0 Å². The van der Waals surface area contributed by atoms with Crippen LogP contribution in [-0.2, 0) is 10.1 Å². The van der Waals surface area contributed by atoms with E-state index < -0.39 is 57.6 Å². The molecule has 0 heterocycles. The van der Waals surface area contributed by atoms with E-state index in [0.29, 0.717) is 0 Å². The maximum Gasteiger partial charge on any atom is 0.371 e. The number of hydrogen-bond donors (Lipinski definition) is 1. The molecular weight excluding hydrogens is 359 g/mol. The molecule has 1 fully saturated rings. The Balaban J connectivity index is 3.87. The molecule has 0 saturated heterocycles. The highest BCUT2D eigenvalue weighted by molar-refractivity contribution is 7.87. The van der Waals surface area contributed by atoms with Gasteiger partial charge in [-0.05, 0) is 6.42 Å². The van der Waals surface area contributed by atoms with E-state index in [1.165, 1.54) is 0 Å². The van der Waals surface area contributed by atoms with Crippen LogP contribution < -0.4 is 0 Å². The van der Waals surface area contributed by atoms with Gasteiger partial charge in [-0.15, -0.1) is 0 Å². The van der Waals surface area contributed by atoms with Crippen molar-refractivity contribution < 1.29 is 52.5 Å². The molecule has 22 heavy (non-hydrogen) atoms. The van der Waals surface area contributed by atoms with Gasteiger partial charge in [0.1, 0.15) is 0 Å². The molecule has 0 unspecified atom stereocenters. The lowest BCUT2D eigenvalue weighted by molar-refractivity contribution is -0.416. The summed E-state index contributed by atoms with van der Waals surface area (Å²) in [6.45, 7) is 0.933. The molecule has 0 aromatic rings. The van der Waals surface area contributed by atoms with Gasteiger partial charge in [0.05, 0.1) is 5.92 Å². The van der Waals surface area contributed by atoms with Gasteiger partial charge < -0.3 is 0 Å². The minimum absolute atomic E-state index is 0.673. The Hall–Kier alpha value is -0.720. The van der Waals surface area contributed by atoms with Gasteiger partial charge in [-0.3, -0.25) is 4.55 Å². The summed E-state index contributed by atoms with van der Waals surface area (Å²) in [6, 6.07) is 0. The van der Waals surface area contributed by atoms with Gasteiger partial charge in [0.25, 0.3) is 0 Å². The molecule has 132 valence electrons. The first kappa shape index (κ1) is 19.3. The summed E-state index contributed by atoms with van der Waals surface area (Å²) < 4.78 is 151. The van der Waals surface area contributed by atoms with Crippen molar-refractivity contribution >= 4 is 10.1 Å². The van der Waals surface area contributed by atoms with Gasteiger partial charge in [-0.1, -0.05) is 13.3 Å². The van der Waals surface area contributed by atoms with E-state index >= 15 is 0 Å². The molecular formula is C9H9F9O3S. The first-order valence-corrected chi connectivity index (χ1v) is 7.05. The molecule has 1 saturated carbocycles. The van der Waals surface area contributed by atoms with Gasteiger partial charge in [-0.25, -0.2) is 4.39 Å². The van der Waals surface area contributed by atoms with Gasteiger partial charge in [0.2, 0.25) is 0 Å². The molecule has 0 aliphatic heterocycles. The standard InChI is InChI=1S/C9H9F9O3S/c1-2-3-4-5(10,11)7(14,15)9(18,22(19,20)21)8(16,17)6(4,12)13/h4H,2-3H2,1H3,(H,19,20,21). The average Bonchev–Trinajstić information content (AvgIpc) is 2.30. The van der Waals surface area contributed by atoms with E-state index in [2.05, 4.69) is 0 Å². The van der Waals surface area contributed by atoms with E-state index in [9.17, 15) is 47.9 Å². The molecule has 0 radical (unpaired) electrons. The van der Waals surface area contributed by atoms with Gasteiger partial charge >= 0.3 is 38.8 Å². The average molecular weight is 368 g/mol. The highest BCUT2D eigenvalue weighted by Gasteiger charge is 2.97. The van der Waals surface area contributed by atoms with Crippen LogP contribution in [0.3, 0.4) is 0 Å². The zero-order valence-corrected chi connectivity index (χ0v) is 11.4. The molecule has 0 atom stereocenters. The summed E-state index contributed by atoms with van der Waals surface area (Å²) in [5, 5.41) is -6.88. The third-order valence-corrected chi connectivity index (χ3v) is 4.68. The minimum Gasteiger partial charge on any atom is -0.283 e. The van der Waals surface area contributed by atoms with Crippen molar-refractivity contribution in [2.24, 2.45) is 5.92 Å². The summed E-state index contributed by atoms with van der Waals surface area (Å²) in [4.78, 5) is 0. The van der Waals surface area contributed by atoms with Gasteiger partial charge in [-0.2, -0.15) is 43.5 Å². The largest absolute Gasteiger partial charge is 0.371 e. The van der Waals surface area contributed by atoms with Crippen molar-refractivity contribution in [3.63, 3.8) is 0 Å². The third-order valence-electron chi connectivity index (χ3n) is 3.45. The molecule has 0 bridgehead atoms. The second-order valence-electron chi connectivity index (χ2n) is 4.81. The fourth-order valence-corrected chi connectivity index (χ4v) is 3.19. The molecule has 0 aromatic heterocycles. The maximum atomic E-state index is 13.7. The van der Waals surface area contributed by atoms with E-state index in [4.69, 9.17) is 4.55 Å². The first-order chi connectivity index (χ1) is 9.44. The Kier molecular flexibility index (Phi) is 4.08. The number of rotatable bonds is 3. The van der Waals surface area contributed by atoms with Crippen LogP contribution in [0.4, 0.5) is 39.5 Å². The number of alkyl halides is 9. The van der Waals surface area contributed by atoms with Gasteiger partial charge in [0, 0.05) is 0 Å². The van der Waals surface area contributed by atoms with E-state index in [1.54, 1.807) is 0 Å². The fourth-order valence-electron chi connectivity index (χ4n) is 2.27. The van der Waals surface area contributed by atoms with Crippen LogP contribution in [0.25, 0.3) is 0 Å². The fraction of sp³-hybridized carbons (Fsp3) is 1.00. The Morgan fingerprint density at radius 1 is 0.864 bits per heavy atom. The van der Waals surface area contributed by atoms with Crippen LogP contribution in [0.5, 0.6) is 0 Å². The Morgan fingerprint density at radius 2 is 1.18 bits per heavy atom. The van der Waals surface area contributed by atoms with Crippen molar-refractivity contribution in [1.82, 2.24) is 0 Å². The Bertz CT molecular complexity index is 529. The van der Waals surface area contributed by atoms with Crippen molar-refractivity contribution in [1.29, 1.82) is 0 Å². The summed E-state index contributed by atoms with van der Waals surface area (Å²) in [6.07, 6.45) is -2.24. The zero-order valence-electron chi connectivity index (χ0n) is 10.6. The van der Waals surface area contributed by atoms with E-state index in [1.807, 2.05) is 0 Å². The summed E-state index contributed by atoms with van der Waals surface area (Å²) in [5.74, 6) is -29.9. The number of halogens is 9. The van der Waals surface area contributed by atoms with Crippen molar-refractivity contribution in [3.05, 3.63) is 0 Å². The van der Waals surface area contributed by atoms with Crippen LogP contribution >= 0.6 is 0 Å². The minimum atomic E-state index is -7.35. The van der Waals surface area contributed by atoms with Crippen LogP contribution in [0, 0.1) is 5.92 Å². The predicted molar refractivity (Wildman–Crippen MR) is 53.6 cm³/mol.